The maximum absolute atomic E-state index is 11.3. The van der Waals surface area contributed by atoms with E-state index in [1.807, 2.05) is 0 Å². The highest BCUT2D eigenvalue weighted by molar-refractivity contribution is 6.04. The highest BCUT2D eigenvalue weighted by atomic mass is 16.2. The first-order chi connectivity index (χ1) is 6.52. The number of likely N-dealkylation sites (tertiary alicyclic amines) is 1. The average Bonchev–Trinajstić information content (AvgIpc) is 2.31. The third kappa shape index (κ3) is 2.18. The molecule has 0 saturated carbocycles. The SMILES string of the molecule is CC(=O)N/C=C/N1C(=O)CC(C)C1=O. The number of nitrogens with zero attached hydrogens (tertiary/aromatic N) is 1. The van der Waals surface area contributed by atoms with E-state index < -0.39 is 0 Å². The average molecular weight is 196 g/mol. The minimum Gasteiger partial charge on any atom is -0.331 e. The van der Waals surface area contributed by atoms with Crippen molar-refractivity contribution in [1.29, 1.82) is 0 Å². The van der Waals surface area contributed by atoms with Crippen LogP contribution in [-0.4, -0.2) is 22.6 Å². The first kappa shape index (κ1) is 10.4. The number of nitrogens with one attached hydrogen (secondary N) is 1. The Bertz CT molecular complexity index is 309. The highest BCUT2D eigenvalue weighted by Crippen LogP contribution is 2.18. The Morgan fingerprint density at radius 3 is 2.64 bits per heavy atom. The summed E-state index contributed by atoms with van der Waals surface area (Å²) in [7, 11) is 0. The van der Waals surface area contributed by atoms with Crippen LogP contribution in [-0.2, 0) is 14.4 Å². The summed E-state index contributed by atoms with van der Waals surface area (Å²) in [6, 6.07) is 0. The first-order valence-corrected chi connectivity index (χ1v) is 4.32. The Balaban J connectivity index is 2.60. The van der Waals surface area contributed by atoms with Gasteiger partial charge in [0.25, 0.3) is 0 Å². The summed E-state index contributed by atoms with van der Waals surface area (Å²) in [6.45, 7) is 3.05. The number of carbonyl (C=O) groups is 3. The molecule has 1 atom stereocenters. The molecule has 1 aliphatic heterocycles. The zero-order valence-corrected chi connectivity index (χ0v) is 8.11. The molecule has 1 aliphatic rings. The largest absolute Gasteiger partial charge is 0.331 e. The molecule has 1 rings (SSSR count). The van der Waals surface area contributed by atoms with Crippen LogP contribution in [0.4, 0.5) is 0 Å². The van der Waals surface area contributed by atoms with Crippen molar-refractivity contribution < 1.29 is 14.4 Å². The molecule has 3 amide bonds. The van der Waals surface area contributed by atoms with Crippen molar-refractivity contribution in [1.82, 2.24) is 10.2 Å². The van der Waals surface area contributed by atoms with Crippen LogP contribution >= 0.6 is 0 Å². The Hall–Kier alpha value is -1.65. The Morgan fingerprint density at radius 1 is 1.57 bits per heavy atom. The lowest BCUT2D eigenvalue weighted by atomic mass is 10.1. The summed E-state index contributed by atoms with van der Waals surface area (Å²) < 4.78 is 0. The van der Waals surface area contributed by atoms with Gasteiger partial charge in [0.15, 0.2) is 0 Å². The lowest BCUT2D eigenvalue weighted by molar-refractivity contribution is -0.136. The monoisotopic (exact) mass is 196 g/mol. The van der Waals surface area contributed by atoms with E-state index >= 15 is 0 Å². The number of amides is 3. The number of imide groups is 1. The van der Waals surface area contributed by atoms with Crippen molar-refractivity contribution in [2.45, 2.75) is 20.3 Å². The fourth-order valence-electron chi connectivity index (χ4n) is 1.19. The molecule has 76 valence electrons. The molecule has 0 aromatic heterocycles. The molecule has 14 heavy (non-hydrogen) atoms. The van der Waals surface area contributed by atoms with Gasteiger partial charge in [-0.1, -0.05) is 6.92 Å². The second kappa shape index (κ2) is 4.04. The van der Waals surface area contributed by atoms with Crippen LogP contribution in [0.5, 0.6) is 0 Å². The van der Waals surface area contributed by atoms with Crippen molar-refractivity contribution in [2.75, 3.05) is 0 Å². The molecule has 0 aromatic rings. The third-order valence-corrected chi connectivity index (χ3v) is 1.92. The van der Waals surface area contributed by atoms with Gasteiger partial charge in [0.1, 0.15) is 0 Å². The predicted molar refractivity (Wildman–Crippen MR) is 48.6 cm³/mol. The van der Waals surface area contributed by atoms with Crippen molar-refractivity contribution in [3.8, 4) is 0 Å². The van der Waals surface area contributed by atoms with Gasteiger partial charge in [-0.3, -0.25) is 19.3 Å². The van der Waals surface area contributed by atoms with E-state index in [9.17, 15) is 14.4 Å². The maximum Gasteiger partial charge on any atom is 0.236 e. The first-order valence-electron chi connectivity index (χ1n) is 4.32. The molecule has 1 unspecified atom stereocenters. The van der Waals surface area contributed by atoms with E-state index in [1.165, 1.54) is 19.3 Å². The van der Waals surface area contributed by atoms with Gasteiger partial charge in [-0.15, -0.1) is 0 Å². The quantitative estimate of drug-likeness (QED) is 0.631. The minimum atomic E-state index is -0.260. The highest BCUT2D eigenvalue weighted by Gasteiger charge is 2.33. The number of hydrogen-bond donors (Lipinski definition) is 1. The van der Waals surface area contributed by atoms with Crippen LogP contribution in [0.1, 0.15) is 20.3 Å². The van der Waals surface area contributed by atoms with Gasteiger partial charge in [-0.2, -0.15) is 0 Å². The van der Waals surface area contributed by atoms with Crippen molar-refractivity contribution in [3.63, 3.8) is 0 Å². The van der Waals surface area contributed by atoms with Crippen LogP contribution in [0.2, 0.25) is 0 Å². The summed E-state index contributed by atoms with van der Waals surface area (Å²) in [5.74, 6) is -0.960. The smallest absolute Gasteiger partial charge is 0.236 e. The standard InChI is InChI=1S/C9H12N2O3/c1-6-5-8(13)11(9(6)14)4-3-10-7(2)12/h3-4,6H,5H2,1-2H3,(H,10,12)/b4-3+. The molecular formula is C9H12N2O3. The zero-order chi connectivity index (χ0) is 10.7. The van der Waals surface area contributed by atoms with Gasteiger partial charge >= 0.3 is 0 Å². The summed E-state index contributed by atoms with van der Waals surface area (Å²) >= 11 is 0. The maximum atomic E-state index is 11.3. The van der Waals surface area contributed by atoms with Crippen LogP contribution < -0.4 is 5.32 Å². The van der Waals surface area contributed by atoms with Gasteiger partial charge in [0.2, 0.25) is 17.7 Å². The summed E-state index contributed by atoms with van der Waals surface area (Å²) in [5, 5.41) is 2.36. The summed E-state index contributed by atoms with van der Waals surface area (Å²) in [6.07, 6.45) is 2.81. The molecule has 0 aromatic carbocycles. The second-order valence-electron chi connectivity index (χ2n) is 3.22. The second-order valence-corrected chi connectivity index (χ2v) is 3.22. The lowest BCUT2D eigenvalue weighted by Crippen LogP contribution is -2.25. The van der Waals surface area contributed by atoms with Gasteiger partial charge < -0.3 is 5.32 Å². The number of carbonyl (C=O) groups excluding carboxylic acids is 3. The van der Waals surface area contributed by atoms with Gasteiger partial charge in [0.05, 0.1) is 0 Å². The molecule has 5 nitrogen and oxygen atoms in total. The summed E-state index contributed by atoms with van der Waals surface area (Å²) in [5.41, 5.74) is 0. The molecule has 0 aliphatic carbocycles. The van der Waals surface area contributed by atoms with Gasteiger partial charge in [-0.25, -0.2) is 0 Å². The molecule has 0 radical (unpaired) electrons. The van der Waals surface area contributed by atoms with E-state index in [1.54, 1.807) is 6.92 Å². The lowest BCUT2D eigenvalue weighted by Gasteiger charge is -2.07. The zero-order valence-electron chi connectivity index (χ0n) is 8.11. The molecule has 1 N–H and O–H groups in total. The van der Waals surface area contributed by atoms with Gasteiger partial charge in [0, 0.05) is 31.7 Å². The normalized spacial score (nSPS) is 22.1. The molecule has 1 heterocycles. The van der Waals surface area contributed by atoms with Crippen LogP contribution in [0.3, 0.4) is 0 Å². The fraction of sp³-hybridized carbons (Fsp3) is 0.444. The third-order valence-electron chi connectivity index (χ3n) is 1.92. The van der Waals surface area contributed by atoms with Gasteiger partial charge in [-0.05, 0) is 0 Å². The molecule has 0 bridgehead atoms. The van der Waals surface area contributed by atoms with Crippen LogP contribution in [0.25, 0.3) is 0 Å². The molecule has 1 saturated heterocycles. The van der Waals surface area contributed by atoms with E-state index in [0.717, 1.165) is 4.90 Å². The fourth-order valence-corrected chi connectivity index (χ4v) is 1.19. The number of rotatable bonds is 2. The molecule has 0 spiro atoms. The van der Waals surface area contributed by atoms with Crippen LogP contribution in [0.15, 0.2) is 12.4 Å². The van der Waals surface area contributed by atoms with E-state index in [4.69, 9.17) is 0 Å². The predicted octanol–water partition coefficient (Wildman–Crippen LogP) is -0.0113. The Kier molecular flexibility index (Phi) is 3.01. The summed E-state index contributed by atoms with van der Waals surface area (Å²) in [4.78, 5) is 34.1. The van der Waals surface area contributed by atoms with E-state index in [-0.39, 0.29) is 30.1 Å². The van der Waals surface area contributed by atoms with E-state index in [2.05, 4.69) is 5.32 Å². The Morgan fingerprint density at radius 2 is 2.21 bits per heavy atom. The van der Waals surface area contributed by atoms with Crippen LogP contribution in [0, 0.1) is 5.92 Å². The van der Waals surface area contributed by atoms with Crippen molar-refractivity contribution in [3.05, 3.63) is 12.4 Å². The molecule has 1 fully saturated rings. The topological polar surface area (TPSA) is 66.5 Å². The van der Waals surface area contributed by atoms with E-state index in [0.29, 0.717) is 0 Å². The minimum absolute atomic E-state index is 0.225. The Labute approximate surface area is 81.8 Å². The van der Waals surface area contributed by atoms with Crippen molar-refractivity contribution >= 4 is 17.7 Å². The number of hydrogen-bond acceptors (Lipinski definition) is 3. The molecule has 5 heteroatoms. The van der Waals surface area contributed by atoms with Crippen molar-refractivity contribution in [2.24, 2.45) is 5.92 Å². The molecular weight excluding hydrogens is 184 g/mol.